The highest BCUT2D eigenvalue weighted by Gasteiger charge is 2.10. The number of benzene rings is 2. The molecule has 140 valence electrons. The Morgan fingerprint density at radius 1 is 1.19 bits per heavy atom. The van der Waals surface area contributed by atoms with E-state index in [-0.39, 0.29) is 24.8 Å². The van der Waals surface area contributed by atoms with E-state index < -0.39 is 0 Å². The zero-order valence-electron chi connectivity index (χ0n) is 14.2. The van der Waals surface area contributed by atoms with Crippen molar-refractivity contribution in [3.63, 3.8) is 0 Å². The predicted molar refractivity (Wildman–Crippen MR) is 109 cm³/mol. The van der Waals surface area contributed by atoms with Gasteiger partial charge in [0.2, 0.25) is 11.8 Å². The molecule has 2 N–H and O–H groups in total. The molecule has 1 aromatic heterocycles. The summed E-state index contributed by atoms with van der Waals surface area (Å²) in [4.78, 5) is 27.6. The largest absolute Gasteiger partial charge is 0.491 e. The number of anilines is 2. The van der Waals surface area contributed by atoms with Gasteiger partial charge in [-0.05, 0) is 30.3 Å². The van der Waals surface area contributed by atoms with Gasteiger partial charge >= 0.3 is 0 Å². The quantitative estimate of drug-likeness (QED) is 0.586. The summed E-state index contributed by atoms with van der Waals surface area (Å²) < 4.78 is 6.36. The molecule has 2 amide bonds. The Labute approximate surface area is 169 Å². The smallest absolute Gasteiger partial charge is 0.229 e. The second kappa shape index (κ2) is 8.56. The zero-order valence-corrected chi connectivity index (χ0v) is 16.5. The highest BCUT2D eigenvalue weighted by Crippen LogP contribution is 2.31. The third-order valence-electron chi connectivity index (χ3n) is 3.46. The van der Waals surface area contributed by atoms with Crippen molar-refractivity contribution >= 4 is 67.4 Å². The molecular weight excluding hydrogens is 409 g/mol. The minimum Gasteiger partial charge on any atom is -0.491 e. The summed E-state index contributed by atoms with van der Waals surface area (Å²) in [5, 5.41) is 6.66. The summed E-state index contributed by atoms with van der Waals surface area (Å²) in [6, 6.07) is 10.4. The van der Waals surface area contributed by atoms with E-state index in [0.29, 0.717) is 26.6 Å². The van der Waals surface area contributed by atoms with Crippen LogP contribution in [0.1, 0.15) is 13.3 Å². The Kier molecular flexibility index (Phi) is 6.15. The normalized spacial score (nSPS) is 10.6. The molecule has 9 heteroatoms. The molecule has 0 aliphatic carbocycles. The summed E-state index contributed by atoms with van der Waals surface area (Å²) >= 11 is 13.3. The van der Waals surface area contributed by atoms with Crippen molar-refractivity contribution in [1.82, 2.24) is 4.98 Å². The van der Waals surface area contributed by atoms with Crippen molar-refractivity contribution in [3.05, 3.63) is 46.4 Å². The molecule has 27 heavy (non-hydrogen) atoms. The molecule has 0 saturated carbocycles. The Morgan fingerprint density at radius 3 is 2.78 bits per heavy atom. The Morgan fingerprint density at radius 2 is 2.00 bits per heavy atom. The number of fused-ring (bicyclic) bond motifs is 1. The first-order valence-corrected chi connectivity index (χ1v) is 9.54. The van der Waals surface area contributed by atoms with Crippen LogP contribution < -0.4 is 15.4 Å². The lowest BCUT2D eigenvalue weighted by atomic mass is 10.3. The van der Waals surface area contributed by atoms with Gasteiger partial charge < -0.3 is 15.4 Å². The van der Waals surface area contributed by atoms with Gasteiger partial charge in [0.25, 0.3) is 0 Å². The van der Waals surface area contributed by atoms with E-state index in [9.17, 15) is 9.59 Å². The van der Waals surface area contributed by atoms with E-state index in [0.717, 1.165) is 10.2 Å². The summed E-state index contributed by atoms with van der Waals surface area (Å²) in [7, 11) is 0. The Balaban J connectivity index is 1.57. The third kappa shape index (κ3) is 5.09. The van der Waals surface area contributed by atoms with E-state index in [1.165, 1.54) is 18.3 Å². The number of hydrogen-bond acceptors (Lipinski definition) is 5. The first-order valence-electron chi connectivity index (χ1n) is 7.97. The number of rotatable bonds is 6. The average Bonchev–Trinajstić information content (AvgIpc) is 2.99. The van der Waals surface area contributed by atoms with Gasteiger partial charge in [0.1, 0.15) is 10.8 Å². The van der Waals surface area contributed by atoms with Crippen LogP contribution in [0.2, 0.25) is 10.0 Å². The Bertz CT molecular complexity index is 1010. The first kappa shape index (κ1) is 19.4. The minimum absolute atomic E-state index is 0.135. The molecule has 0 spiro atoms. The van der Waals surface area contributed by atoms with Crippen molar-refractivity contribution in [2.75, 3.05) is 17.2 Å². The predicted octanol–water partition coefficient (Wildman–Crippen LogP) is 4.97. The minimum atomic E-state index is -0.228. The molecule has 3 aromatic rings. The lowest BCUT2D eigenvalue weighted by Gasteiger charge is -2.08. The van der Waals surface area contributed by atoms with Crippen molar-refractivity contribution < 1.29 is 14.3 Å². The molecule has 0 radical (unpaired) electrons. The highest BCUT2D eigenvalue weighted by atomic mass is 35.5. The molecule has 0 bridgehead atoms. The fraction of sp³-hybridized carbons (Fsp3) is 0.167. The van der Waals surface area contributed by atoms with Gasteiger partial charge in [0, 0.05) is 12.6 Å². The van der Waals surface area contributed by atoms with Crippen LogP contribution >= 0.6 is 34.5 Å². The van der Waals surface area contributed by atoms with E-state index in [4.69, 9.17) is 27.9 Å². The second-order valence-electron chi connectivity index (χ2n) is 5.58. The summed E-state index contributed by atoms with van der Waals surface area (Å²) in [6.07, 6.45) is 0.135. The number of thiazole rings is 1. The van der Waals surface area contributed by atoms with Crippen LogP contribution in [-0.2, 0) is 9.59 Å². The van der Waals surface area contributed by atoms with Crippen molar-refractivity contribution in [2.24, 2.45) is 0 Å². The number of carbonyl (C=O) groups excluding carboxylic acids is 2. The molecular formula is C18H15Cl2N3O3S. The standard InChI is InChI=1S/C18H15Cl2N3O3S/c1-10(24)21-11-5-6-13-15(9-11)27-18(22-13)23-16(25)7-8-26-14-4-2-3-12(19)17(14)20/h2-6,9H,7-8H2,1H3,(H,21,24)(H,22,23,25). The molecule has 0 saturated heterocycles. The SMILES string of the molecule is CC(=O)Nc1ccc2nc(NC(=O)CCOc3cccc(Cl)c3Cl)sc2c1. The first-order chi connectivity index (χ1) is 12.9. The number of ether oxygens (including phenoxy) is 1. The molecule has 0 atom stereocenters. The van der Waals surface area contributed by atoms with Crippen molar-refractivity contribution in [3.8, 4) is 5.75 Å². The fourth-order valence-electron chi connectivity index (χ4n) is 2.29. The monoisotopic (exact) mass is 423 g/mol. The molecule has 0 aliphatic heterocycles. The van der Waals surface area contributed by atoms with Crippen molar-refractivity contribution in [1.29, 1.82) is 0 Å². The van der Waals surface area contributed by atoms with Crippen LogP contribution in [-0.4, -0.2) is 23.4 Å². The molecule has 0 unspecified atom stereocenters. The lowest BCUT2D eigenvalue weighted by Crippen LogP contribution is -2.15. The summed E-state index contributed by atoms with van der Waals surface area (Å²) in [6.45, 7) is 1.60. The molecule has 3 rings (SSSR count). The van der Waals surface area contributed by atoms with Gasteiger partial charge in [0.05, 0.1) is 28.3 Å². The van der Waals surface area contributed by atoms with Crippen molar-refractivity contribution in [2.45, 2.75) is 13.3 Å². The maximum atomic E-state index is 12.1. The van der Waals surface area contributed by atoms with Crippen LogP contribution in [0.25, 0.3) is 10.2 Å². The highest BCUT2D eigenvalue weighted by molar-refractivity contribution is 7.22. The van der Waals surface area contributed by atoms with E-state index in [2.05, 4.69) is 15.6 Å². The van der Waals surface area contributed by atoms with Gasteiger partial charge in [-0.25, -0.2) is 4.98 Å². The van der Waals surface area contributed by atoms with Crippen LogP contribution in [0.3, 0.4) is 0 Å². The van der Waals surface area contributed by atoms with Gasteiger partial charge in [-0.15, -0.1) is 0 Å². The van der Waals surface area contributed by atoms with Crippen LogP contribution in [0.4, 0.5) is 10.8 Å². The zero-order chi connectivity index (χ0) is 19.4. The number of nitrogens with zero attached hydrogens (tertiary/aromatic N) is 1. The fourth-order valence-corrected chi connectivity index (χ4v) is 3.56. The Hall–Kier alpha value is -2.35. The average molecular weight is 424 g/mol. The number of aromatic nitrogens is 1. The van der Waals surface area contributed by atoms with E-state index in [1.54, 1.807) is 30.3 Å². The van der Waals surface area contributed by atoms with Gasteiger partial charge in [-0.2, -0.15) is 0 Å². The number of nitrogens with one attached hydrogen (secondary N) is 2. The summed E-state index contributed by atoms with van der Waals surface area (Å²) in [5.74, 6) is 0.0592. The van der Waals surface area contributed by atoms with E-state index >= 15 is 0 Å². The molecule has 0 aliphatic rings. The van der Waals surface area contributed by atoms with Crippen LogP contribution in [0, 0.1) is 0 Å². The molecule has 2 aromatic carbocycles. The van der Waals surface area contributed by atoms with Crippen LogP contribution in [0.15, 0.2) is 36.4 Å². The third-order valence-corrected chi connectivity index (χ3v) is 5.19. The van der Waals surface area contributed by atoms with E-state index in [1.807, 2.05) is 6.07 Å². The topological polar surface area (TPSA) is 80.3 Å². The number of amides is 2. The number of carbonyl (C=O) groups is 2. The van der Waals surface area contributed by atoms with Gasteiger partial charge in [-0.3, -0.25) is 9.59 Å². The molecule has 6 nitrogen and oxygen atoms in total. The lowest BCUT2D eigenvalue weighted by molar-refractivity contribution is -0.116. The molecule has 0 fully saturated rings. The number of halogens is 2. The maximum Gasteiger partial charge on any atom is 0.229 e. The van der Waals surface area contributed by atoms with Gasteiger partial charge in [-0.1, -0.05) is 40.6 Å². The second-order valence-corrected chi connectivity index (χ2v) is 7.40. The summed E-state index contributed by atoms with van der Waals surface area (Å²) in [5.41, 5.74) is 1.43. The number of hydrogen-bond donors (Lipinski definition) is 2. The maximum absolute atomic E-state index is 12.1. The molecule has 1 heterocycles. The van der Waals surface area contributed by atoms with Crippen LogP contribution in [0.5, 0.6) is 5.75 Å². The van der Waals surface area contributed by atoms with Gasteiger partial charge in [0.15, 0.2) is 5.13 Å².